The molecular formula is C18H21N5O5. The lowest BCUT2D eigenvalue weighted by Crippen LogP contribution is -2.40. The van der Waals surface area contributed by atoms with Gasteiger partial charge in [-0.05, 0) is 12.1 Å². The molecule has 1 aromatic carbocycles. The van der Waals surface area contributed by atoms with Crippen molar-refractivity contribution in [2.75, 3.05) is 62.4 Å². The molecule has 0 unspecified atom stereocenters. The van der Waals surface area contributed by atoms with E-state index in [0.29, 0.717) is 64.5 Å². The van der Waals surface area contributed by atoms with E-state index in [2.05, 4.69) is 15.0 Å². The second-order valence-corrected chi connectivity index (χ2v) is 6.32. The number of benzene rings is 1. The number of carbonyl (C=O) groups is 1. The van der Waals surface area contributed by atoms with Crippen LogP contribution in [0.4, 0.5) is 11.9 Å². The molecule has 0 aliphatic carbocycles. The predicted octanol–water partition coefficient (Wildman–Crippen LogP) is 1.04. The third-order valence-electron chi connectivity index (χ3n) is 4.50. The molecule has 2 fully saturated rings. The van der Waals surface area contributed by atoms with Crippen molar-refractivity contribution in [2.45, 2.75) is 0 Å². The molecule has 1 N–H and O–H groups in total. The van der Waals surface area contributed by atoms with E-state index < -0.39 is 5.97 Å². The Kier molecular flexibility index (Phi) is 5.49. The van der Waals surface area contributed by atoms with Gasteiger partial charge in [0, 0.05) is 26.2 Å². The third-order valence-corrected chi connectivity index (χ3v) is 4.50. The SMILES string of the molecule is O=C(O)c1ccccc1Oc1nc(N2CCOCC2)nc(N2CCOCC2)n1. The van der Waals surface area contributed by atoms with Gasteiger partial charge in [0.05, 0.1) is 26.4 Å². The number of rotatable bonds is 5. The standard InChI is InChI=1S/C18H21N5O5/c24-15(25)13-3-1-2-4-14(13)28-18-20-16(22-5-9-26-10-6-22)19-17(21-18)23-7-11-27-12-8-23/h1-4H,5-12H2,(H,24,25). The highest BCUT2D eigenvalue weighted by atomic mass is 16.5. The first-order chi connectivity index (χ1) is 13.7. The number of aromatic nitrogens is 3. The summed E-state index contributed by atoms with van der Waals surface area (Å²) in [6, 6.07) is 6.46. The van der Waals surface area contributed by atoms with Crippen LogP contribution in [0.2, 0.25) is 0 Å². The van der Waals surface area contributed by atoms with Gasteiger partial charge >= 0.3 is 12.0 Å². The maximum atomic E-state index is 11.5. The molecule has 10 heteroatoms. The van der Waals surface area contributed by atoms with Crippen LogP contribution in [-0.4, -0.2) is 78.6 Å². The van der Waals surface area contributed by atoms with E-state index in [-0.39, 0.29) is 17.3 Å². The first kappa shape index (κ1) is 18.4. The van der Waals surface area contributed by atoms with Crippen LogP contribution < -0.4 is 14.5 Å². The number of nitrogens with zero attached hydrogens (tertiary/aromatic N) is 5. The molecule has 2 aliphatic heterocycles. The van der Waals surface area contributed by atoms with Gasteiger partial charge in [0.25, 0.3) is 0 Å². The van der Waals surface area contributed by atoms with Crippen LogP contribution >= 0.6 is 0 Å². The molecule has 0 spiro atoms. The average molecular weight is 387 g/mol. The highest BCUT2D eigenvalue weighted by Gasteiger charge is 2.22. The van der Waals surface area contributed by atoms with Crippen molar-refractivity contribution in [3.63, 3.8) is 0 Å². The largest absolute Gasteiger partial charge is 0.478 e. The maximum Gasteiger partial charge on any atom is 0.339 e. The van der Waals surface area contributed by atoms with Crippen molar-refractivity contribution < 1.29 is 24.1 Å². The van der Waals surface area contributed by atoms with Crippen LogP contribution in [0, 0.1) is 0 Å². The fourth-order valence-electron chi connectivity index (χ4n) is 3.02. The van der Waals surface area contributed by atoms with E-state index >= 15 is 0 Å². The van der Waals surface area contributed by atoms with E-state index in [0.717, 1.165) is 0 Å². The third kappa shape index (κ3) is 4.12. The average Bonchev–Trinajstić information content (AvgIpc) is 2.75. The Hall–Kier alpha value is -2.98. The van der Waals surface area contributed by atoms with Crippen LogP contribution in [-0.2, 0) is 9.47 Å². The van der Waals surface area contributed by atoms with Gasteiger partial charge in [0.2, 0.25) is 11.9 Å². The Bertz CT molecular complexity index is 801. The Balaban J connectivity index is 1.68. The lowest BCUT2D eigenvalue weighted by atomic mass is 10.2. The minimum Gasteiger partial charge on any atom is -0.478 e. The lowest BCUT2D eigenvalue weighted by molar-refractivity contribution is 0.0694. The Labute approximate surface area is 161 Å². The highest BCUT2D eigenvalue weighted by Crippen LogP contribution is 2.26. The topological polar surface area (TPSA) is 110 Å². The van der Waals surface area contributed by atoms with Gasteiger partial charge in [-0.3, -0.25) is 0 Å². The normalized spacial score (nSPS) is 17.4. The zero-order valence-corrected chi connectivity index (χ0v) is 15.3. The van der Waals surface area contributed by atoms with Gasteiger partial charge in [-0.25, -0.2) is 4.79 Å². The summed E-state index contributed by atoms with van der Waals surface area (Å²) in [5.74, 6) is 0.0821. The van der Waals surface area contributed by atoms with Gasteiger partial charge in [-0.2, -0.15) is 15.0 Å². The fraction of sp³-hybridized carbons (Fsp3) is 0.444. The van der Waals surface area contributed by atoms with Crippen molar-refractivity contribution in [1.82, 2.24) is 15.0 Å². The molecule has 2 saturated heterocycles. The van der Waals surface area contributed by atoms with E-state index in [1.54, 1.807) is 18.2 Å². The molecule has 3 heterocycles. The van der Waals surface area contributed by atoms with Crippen LogP contribution in [0.25, 0.3) is 0 Å². The van der Waals surface area contributed by atoms with E-state index in [1.165, 1.54) is 6.07 Å². The Morgan fingerprint density at radius 2 is 1.43 bits per heavy atom. The lowest BCUT2D eigenvalue weighted by Gasteiger charge is -2.30. The summed E-state index contributed by atoms with van der Waals surface area (Å²) < 4.78 is 16.6. The summed E-state index contributed by atoms with van der Waals surface area (Å²) in [6.45, 7) is 5.03. The Morgan fingerprint density at radius 1 is 0.893 bits per heavy atom. The van der Waals surface area contributed by atoms with E-state index in [1.807, 2.05) is 9.80 Å². The van der Waals surface area contributed by atoms with E-state index in [4.69, 9.17) is 14.2 Å². The number of morpholine rings is 2. The molecule has 0 radical (unpaired) electrons. The van der Waals surface area contributed by atoms with Crippen LogP contribution in [0.5, 0.6) is 11.8 Å². The number of hydrogen-bond acceptors (Lipinski definition) is 9. The number of anilines is 2. The summed E-state index contributed by atoms with van der Waals surface area (Å²) >= 11 is 0. The zero-order valence-electron chi connectivity index (χ0n) is 15.3. The highest BCUT2D eigenvalue weighted by molar-refractivity contribution is 5.90. The minimum absolute atomic E-state index is 0.0451. The molecule has 0 atom stereocenters. The van der Waals surface area contributed by atoms with Crippen molar-refractivity contribution >= 4 is 17.9 Å². The van der Waals surface area contributed by atoms with Gasteiger partial charge in [0.15, 0.2) is 0 Å². The number of carboxylic acids is 1. The molecule has 0 amide bonds. The monoisotopic (exact) mass is 387 g/mol. The van der Waals surface area contributed by atoms with Crippen molar-refractivity contribution in [3.8, 4) is 11.8 Å². The second kappa shape index (κ2) is 8.36. The summed E-state index contributed by atoms with van der Waals surface area (Å²) in [6.07, 6.45) is 0. The predicted molar refractivity (Wildman–Crippen MR) is 99.4 cm³/mol. The number of aromatic carboxylic acids is 1. The van der Waals surface area contributed by atoms with Crippen molar-refractivity contribution in [3.05, 3.63) is 29.8 Å². The molecule has 10 nitrogen and oxygen atoms in total. The quantitative estimate of drug-likeness (QED) is 0.799. The molecule has 1 aromatic heterocycles. The zero-order chi connectivity index (χ0) is 19.3. The first-order valence-corrected chi connectivity index (χ1v) is 9.12. The molecule has 2 aliphatic rings. The Morgan fingerprint density at radius 3 is 1.96 bits per heavy atom. The maximum absolute atomic E-state index is 11.5. The van der Waals surface area contributed by atoms with Gasteiger partial charge in [-0.15, -0.1) is 0 Å². The first-order valence-electron chi connectivity index (χ1n) is 9.12. The molecular weight excluding hydrogens is 366 g/mol. The summed E-state index contributed by atoms with van der Waals surface area (Å²) in [5, 5.41) is 9.38. The molecule has 0 saturated carbocycles. The van der Waals surface area contributed by atoms with Crippen LogP contribution in [0.1, 0.15) is 10.4 Å². The number of para-hydroxylation sites is 1. The van der Waals surface area contributed by atoms with Crippen LogP contribution in [0.3, 0.4) is 0 Å². The van der Waals surface area contributed by atoms with Crippen molar-refractivity contribution in [1.29, 1.82) is 0 Å². The number of carboxylic acid groups (broad SMARTS) is 1. The molecule has 148 valence electrons. The molecule has 28 heavy (non-hydrogen) atoms. The van der Waals surface area contributed by atoms with Gasteiger partial charge < -0.3 is 29.1 Å². The van der Waals surface area contributed by atoms with Gasteiger partial charge in [0.1, 0.15) is 11.3 Å². The van der Waals surface area contributed by atoms with Crippen molar-refractivity contribution in [2.24, 2.45) is 0 Å². The summed E-state index contributed by atoms with van der Waals surface area (Å²) in [7, 11) is 0. The van der Waals surface area contributed by atoms with E-state index in [9.17, 15) is 9.90 Å². The molecule has 0 bridgehead atoms. The minimum atomic E-state index is -1.08. The second-order valence-electron chi connectivity index (χ2n) is 6.32. The molecule has 2 aromatic rings. The fourth-order valence-corrected chi connectivity index (χ4v) is 3.02. The van der Waals surface area contributed by atoms with Crippen LogP contribution in [0.15, 0.2) is 24.3 Å². The number of ether oxygens (including phenoxy) is 3. The van der Waals surface area contributed by atoms with Gasteiger partial charge in [-0.1, -0.05) is 12.1 Å². The molecule has 4 rings (SSSR count). The number of hydrogen-bond donors (Lipinski definition) is 1. The summed E-state index contributed by atoms with van der Waals surface area (Å²) in [4.78, 5) is 28.9. The smallest absolute Gasteiger partial charge is 0.339 e. The summed E-state index contributed by atoms with van der Waals surface area (Å²) in [5.41, 5.74) is 0.0451.